The summed E-state index contributed by atoms with van der Waals surface area (Å²) in [5, 5.41) is 13.6. The highest BCUT2D eigenvalue weighted by Crippen LogP contribution is 2.36. The molecule has 2 aliphatic rings. The number of para-hydroxylation sites is 1. The number of hydrogen-bond donors (Lipinski definition) is 2. The van der Waals surface area contributed by atoms with Crippen LogP contribution in [0.5, 0.6) is 0 Å². The van der Waals surface area contributed by atoms with Crippen LogP contribution in [0.15, 0.2) is 48.5 Å². The number of likely N-dealkylation sites (tertiary alicyclic amines) is 1. The number of benzene rings is 2. The van der Waals surface area contributed by atoms with E-state index in [2.05, 4.69) is 44.8 Å². The van der Waals surface area contributed by atoms with Gasteiger partial charge in [-0.15, -0.1) is 0 Å². The first-order valence-corrected chi connectivity index (χ1v) is 12.8. The lowest BCUT2D eigenvalue weighted by Gasteiger charge is -2.22. The SMILES string of the molecule is Cn1c(-c2cc3ccccc3n2CC2CC2)nc2cc(C(=O)NC3CCCCN(C(=O)O)C3)ccc21. The van der Waals surface area contributed by atoms with Crippen molar-refractivity contribution in [1.82, 2.24) is 24.3 Å². The van der Waals surface area contributed by atoms with Gasteiger partial charge in [0.25, 0.3) is 5.91 Å². The molecule has 0 bridgehead atoms. The van der Waals surface area contributed by atoms with Gasteiger partial charge >= 0.3 is 6.09 Å². The van der Waals surface area contributed by atoms with E-state index in [-0.39, 0.29) is 11.9 Å². The van der Waals surface area contributed by atoms with Gasteiger partial charge in [-0.25, -0.2) is 9.78 Å². The van der Waals surface area contributed by atoms with Crippen molar-refractivity contribution in [2.24, 2.45) is 13.0 Å². The minimum atomic E-state index is -0.933. The standard InChI is InChI=1S/C28H31N5O3/c1-31-24-12-11-20(27(34)29-21-7-4-5-13-32(17-21)28(35)36)14-22(24)30-26(31)25-15-19-6-2-3-8-23(19)33(25)16-18-9-10-18/h2-3,6,8,11-12,14-15,18,21H,4-5,7,9-10,13,16-17H2,1H3,(H,29,34)(H,35,36). The van der Waals surface area contributed by atoms with Crippen molar-refractivity contribution in [2.75, 3.05) is 13.1 Å². The zero-order chi connectivity index (χ0) is 24.8. The van der Waals surface area contributed by atoms with E-state index in [1.807, 2.05) is 25.2 Å². The largest absolute Gasteiger partial charge is 0.465 e. The zero-order valence-electron chi connectivity index (χ0n) is 20.5. The van der Waals surface area contributed by atoms with Crippen LogP contribution in [0, 0.1) is 5.92 Å². The first kappa shape index (κ1) is 22.6. The number of fused-ring (bicyclic) bond motifs is 2. The highest BCUT2D eigenvalue weighted by atomic mass is 16.4. The van der Waals surface area contributed by atoms with E-state index >= 15 is 0 Å². The van der Waals surface area contributed by atoms with Crippen LogP contribution in [0.1, 0.15) is 42.5 Å². The number of rotatable bonds is 5. The summed E-state index contributed by atoms with van der Waals surface area (Å²) in [6.45, 7) is 1.83. The molecule has 8 nitrogen and oxygen atoms in total. The number of amides is 2. The van der Waals surface area contributed by atoms with Crippen molar-refractivity contribution in [3.63, 3.8) is 0 Å². The summed E-state index contributed by atoms with van der Waals surface area (Å²) < 4.78 is 4.49. The topological polar surface area (TPSA) is 92.4 Å². The Morgan fingerprint density at radius 1 is 1.06 bits per heavy atom. The fourth-order valence-corrected chi connectivity index (χ4v) is 5.42. The number of imidazole rings is 1. The Morgan fingerprint density at radius 3 is 2.69 bits per heavy atom. The summed E-state index contributed by atoms with van der Waals surface area (Å²) in [5.74, 6) is 1.43. The summed E-state index contributed by atoms with van der Waals surface area (Å²) in [5.41, 5.74) is 4.61. The smallest absolute Gasteiger partial charge is 0.407 e. The van der Waals surface area contributed by atoms with Gasteiger partial charge in [-0.05, 0) is 68.4 Å². The van der Waals surface area contributed by atoms with E-state index < -0.39 is 6.09 Å². The number of nitrogens with one attached hydrogen (secondary N) is 1. The first-order valence-electron chi connectivity index (χ1n) is 12.8. The number of nitrogens with zero attached hydrogens (tertiary/aromatic N) is 4. The van der Waals surface area contributed by atoms with Gasteiger partial charge in [-0.2, -0.15) is 0 Å². The van der Waals surface area contributed by atoms with Crippen molar-refractivity contribution in [2.45, 2.75) is 44.7 Å². The second-order valence-electron chi connectivity index (χ2n) is 10.2. The second-order valence-corrected chi connectivity index (χ2v) is 10.2. The zero-order valence-corrected chi connectivity index (χ0v) is 20.5. The predicted octanol–water partition coefficient (Wildman–Crippen LogP) is 4.87. The fraction of sp³-hybridized carbons (Fsp3) is 0.393. The Kier molecular flexibility index (Phi) is 5.66. The molecule has 2 aromatic carbocycles. The Hall–Kier alpha value is -3.81. The monoisotopic (exact) mass is 485 g/mol. The quantitative estimate of drug-likeness (QED) is 0.422. The molecule has 4 aromatic rings. The third kappa shape index (κ3) is 4.21. The number of aromatic nitrogens is 3. The molecule has 2 N–H and O–H groups in total. The Bertz CT molecular complexity index is 1460. The van der Waals surface area contributed by atoms with Crippen molar-refractivity contribution < 1.29 is 14.7 Å². The molecule has 1 unspecified atom stereocenters. The fourth-order valence-electron chi connectivity index (χ4n) is 5.42. The van der Waals surface area contributed by atoms with E-state index in [9.17, 15) is 14.7 Å². The second kappa shape index (κ2) is 9.00. The molecular weight excluding hydrogens is 454 g/mol. The van der Waals surface area contributed by atoms with Crippen molar-refractivity contribution in [1.29, 1.82) is 0 Å². The molecule has 0 spiro atoms. The average molecular weight is 486 g/mol. The third-order valence-electron chi connectivity index (χ3n) is 7.60. The molecular formula is C28H31N5O3. The van der Waals surface area contributed by atoms with Crippen molar-refractivity contribution >= 4 is 33.9 Å². The van der Waals surface area contributed by atoms with Gasteiger partial charge in [0.1, 0.15) is 0 Å². The van der Waals surface area contributed by atoms with Gasteiger partial charge in [-0.3, -0.25) is 4.79 Å². The summed E-state index contributed by atoms with van der Waals surface area (Å²) >= 11 is 0. The van der Waals surface area contributed by atoms with Gasteiger partial charge in [0.05, 0.1) is 16.7 Å². The maximum atomic E-state index is 13.1. The van der Waals surface area contributed by atoms with Crippen LogP contribution in [0.4, 0.5) is 4.79 Å². The highest BCUT2D eigenvalue weighted by Gasteiger charge is 2.26. The minimum Gasteiger partial charge on any atom is -0.465 e. The van der Waals surface area contributed by atoms with Crippen molar-refractivity contribution in [3.8, 4) is 11.5 Å². The Balaban J connectivity index is 1.31. The third-order valence-corrected chi connectivity index (χ3v) is 7.60. The number of hydrogen-bond acceptors (Lipinski definition) is 3. The molecule has 186 valence electrons. The van der Waals surface area contributed by atoms with Crippen LogP contribution in [-0.4, -0.2) is 55.3 Å². The van der Waals surface area contributed by atoms with Crippen LogP contribution in [0.3, 0.4) is 0 Å². The van der Waals surface area contributed by atoms with Crippen LogP contribution >= 0.6 is 0 Å². The van der Waals surface area contributed by atoms with Gasteiger partial charge < -0.3 is 24.5 Å². The van der Waals surface area contributed by atoms with E-state index in [0.717, 1.165) is 54.3 Å². The first-order chi connectivity index (χ1) is 17.5. The van der Waals surface area contributed by atoms with Crippen LogP contribution in [0.2, 0.25) is 0 Å². The van der Waals surface area contributed by atoms with E-state index in [1.165, 1.54) is 28.6 Å². The molecule has 6 rings (SSSR count). The Labute approximate surface area is 209 Å². The molecule has 1 aliphatic carbocycles. The normalized spacial score (nSPS) is 18.5. The lowest BCUT2D eigenvalue weighted by molar-refractivity contribution is 0.0920. The van der Waals surface area contributed by atoms with E-state index in [4.69, 9.17) is 4.98 Å². The molecule has 0 radical (unpaired) electrons. The van der Waals surface area contributed by atoms with Gasteiger partial charge in [0, 0.05) is 49.2 Å². The average Bonchev–Trinajstić information content (AvgIpc) is 3.60. The number of carbonyl (C=O) groups excluding carboxylic acids is 1. The number of carbonyl (C=O) groups is 2. The van der Waals surface area contributed by atoms with Gasteiger partial charge in [0.15, 0.2) is 5.82 Å². The summed E-state index contributed by atoms with van der Waals surface area (Å²) in [4.78, 5) is 30.9. The van der Waals surface area contributed by atoms with E-state index in [1.54, 1.807) is 0 Å². The van der Waals surface area contributed by atoms with E-state index in [0.29, 0.717) is 18.7 Å². The number of aryl methyl sites for hydroxylation is 1. The van der Waals surface area contributed by atoms with Crippen LogP contribution in [-0.2, 0) is 13.6 Å². The van der Waals surface area contributed by atoms with Crippen molar-refractivity contribution in [3.05, 3.63) is 54.1 Å². The molecule has 1 atom stereocenters. The maximum Gasteiger partial charge on any atom is 0.407 e. The molecule has 1 aliphatic heterocycles. The lowest BCUT2D eigenvalue weighted by Crippen LogP contribution is -2.44. The number of carboxylic acid groups (broad SMARTS) is 1. The summed E-state index contributed by atoms with van der Waals surface area (Å²) in [6, 6.07) is 16.1. The predicted molar refractivity (Wildman–Crippen MR) is 139 cm³/mol. The lowest BCUT2D eigenvalue weighted by atomic mass is 10.1. The molecule has 1 saturated carbocycles. The molecule has 8 heteroatoms. The Morgan fingerprint density at radius 2 is 1.89 bits per heavy atom. The van der Waals surface area contributed by atoms with Gasteiger partial charge in [0.2, 0.25) is 0 Å². The molecule has 2 aromatic heterocycles. The molecule has 2 amide bonds. The minimum absolute atomic E-state index is 0.191. The molecule has 2 fully saturated rings. The van der Waals surface area contributed by atoms with Gasteiger partial charge in [-0.1, -0.05) is 18.2 Å². The molecule has 3 heterocycles. The molecule has 36 heavy (non-hydrogen) atoms. The summed E-state index contributed by atoms with van der Waals surface area (Å²) in [6.07, 6.45) is 4.11. The molecule has 1 saturated heterocycles. The van der Waals surface area contributed by atoms with Crippen LogP contribution < -0.4 is 5.32 Å². The highest BCUT2D eigenvalue weighted by molar-refractivity contribution is 5.98. The maximum absolute atomic E-state index is 13.1. The van der Waals surface area contributed by atoms with Crippen LogP contribution in [0.25, 0.3) is 33.5 Å². The summed E-state index contributed by atoms with van der Waals surface area (Å²) in [7, 11) is 2.02.